The molecule has 0 bridgehead atoms. The minimum absolute atomic E-state index is 0.136. The minimum Gasteiger partial charge on any atom is -0.458 e. The fraction of sp³-hybridized carbons (Fsp3) is 0.429. The van der Waals surface area contributed by atoms with Crippen molar-refractivity contribution in [2.24, 2.45) is 0 Å². The van der Waals surface area contributed by atoms with Gasteiger partial charge in [-0.05, 0) is 19.1 Å². The van der Waals surface area contributed by atoms with Crippen LogP contribution in [-0.4, -0.2) is 84.9 Å². The second-order valence-corrected chi connectivity index (χ2v) is 7.84. The van der Waals surface area contributed by atoms with Crippen molar-refractivity contribution < 1.29 is 28.3 Å². The lowest BCUT2D eigenvalue weighted by atomic mass is 9.99. The van der Waals surface area contributed by atoms with Crippen LogP contribution in [0.3, 0.4) is 0 Å². The summed E-state index contributed by atoms with van der Waals surface area (Å²) in [5.74, 6) is -1.02. The van der Waals surface area contributed by atoms with Crippen LogP contribution in [-0.2, 0) is 24.7 Å². The summed E-state index contributed by atoms with van der Waals surface area (Å²) in [5.41, 5.74) is -0.824. The average Bonchev–Trinajstić information content (AvgIpc) is 3.30. The molecule has 2 aliphatic heterocycles. The average molecular weight is 428 g/mol. The van der Waals surface area contributed by atoms with Gasteiger partial charge in [0.15, 0.2) is 5.54 Å². The van der Waals surface area contributed by atoms with Gasteiger partial charge < -0.3 is 24.3 Å². The van der Waals surface area contributed by atoms with E-state index in [1.807, 2.05) is 18.2 Å². The fourth-order valence-electron chi connectivity index (χ4n) is 3.70. The van der Waals surface area contributed by atoms with Crippen LogP contribution in [0.1, 0.15) is 12.7 Å². The number of fused-ring (bicyclic) bond motifs is 1. The first kappa shape index (κ1) is 20.9. The number of imide groups is 1. The SMILES string of the molecule is CN(CC(=O)N1CCOCC1)C(=O)CN1C(=O)N[C@](C)(c2cc3ccccc3o2)C1=O. The summed E-state index contributed by atoms with van der Waals surface area (Å²) >= 11 is 0. The standard InChI is InChI=1S/C21H24N4O6/c1-21(16-11-14-5-3-4-6-15(14)31-16)19(28)25(20(29)22-21)13-17(26)23(2)12-18(27)24-7-9-30-10-8-24/h3-6,11H,7-10,12-13H2,1-2H3,(H,22,29)/t21-/m1/s1. The first-order valence-corrected chi connectivity index (χ1v) is 10.0. The Kier molecular flexibility index (Phi) is 5.40. The molecule has 0 aliphatic carbocycles. The lowest BCUT2D eigenvalue weighted by Gasteiger charge is -2.29. The summed E-state index contributed by atoms with van der Waals surface area (Å²) in [6.07, 6.45) is 0. The van der Waals surface area contributed by atoms with Gasteiger partial charge in [0.1, 0.15) is 17.9 Å². The summed E-state index contributed by atoms with van der Waals surface area (Å²) in [5, 5.41) is 3.43. The van der Waals surface area contributed by atoms with Crippen LogP contribution < -0.4 is 5.32 Å². The van der Waals surface area contributed by atoms with Gasteiger partial charge in [-0.1, -0.05) is 18.2 Å². The minimum atomic E-state index is -1.42. The Morgan fingerprint density at radius 3 is 2.61 bits per heavy atom. The highest BCUT2D eigenvalue weighted by molar-refractivity contribution is 6.09. The summed E-state index contributed by atoms with van der Waals surface area (Å²) in [4.78, 5) is 54.3. The lowest BCUT2D eigenvalue weighted by molar-refractivity contribution is -0.143. The molecular weight excluding hydrogens is 404 g/mol. The number of urea groups is 1. The monoisotopic (exact) mass is 428 g/mol. The number of hydrogen-bond donors (Lipinski definition) is 1. The number of nitrogens with one attached hydrogen (secondary N) is 1. The van der Waals surface area contributed by atoms with Crippen molar-refractivity contribution in [2.75, 3.05) is 46.4 Å². The highest BCUT2D eigenvalue weighted by Crippen LogP contribution is 2.32. The van der Waals surface area contributed by atoms with Gasteiger partial charge in [0.2, 0.25) is 11.8 Å². The lowest BCUT2D eigenvalue weighted by Crippen LogP contribution is -2.48. The Balaban J connectivity index is 1.43. The molecule has 31 heavy (non-hydrogen) atoms. The van der Waals surface area contributed by atoms with Crippen molar-refractivity contribution in [1.29, 1.82) is 0 Å². The molecular formula is C21H24N4O6. The van der Waals surface area contributed by atoms with Crippen LogP contribution in [0.4, 0.5) is 4.79 Å². The molecule has 10 heteroatoms. The number of ether oxygens (including phenoxy) is 1. The van der Waals surface area contributed by atoms with Gasteiger partial charge in [-0.3, -0.25) is 19.3 Å². The van der Waals surface area contributed by atoms with Crippen molar-refractivity contribution in [1.82, 2.24) is 20.0 Å². The van der Waals surface area contributed by atoms with Crippen LogP contribution in [0.25, 0.3) is 11.0 Å². The van der Waals surface area contributed by atoms with E-state index in [2.05, 4.69) is 5.32 Å². The molecule has 5 amide bonds. The number of morpholine rings is 1. The molecule has 1 N–H and O–H groups in total. The van der Waals surface area contributed by atoms with E-state index in [0.717, 1.165) is 10.3 Å². The smallest absolute Gasteiger partial charge is 0.325 e. The number of amides is 5. The molecule has 0 saturated carbocycles. The van der Waals surface area contributed by atoms with Gasteiger partial charge in [0, 0.05) is 25.5 Å². The largest absolute Gasteiger partial charge is 0.458 e. The van der Waals surface area contributed by atoms with E-state index in [1.165, 1.54) is 11.9 Å². The first-order chi connectivity index (χ1) is 14.8. The maximum absolute atomic E-state index is 13.1. The molecule has 2 aromatic rings. The number of carbonyl (C=O) groups is 4. The molecule has 10 nitrogen and oxygen atoms in total. The second kappa shape index (κ2) is 8.03. The predicted molar refractivity (Wildman–Crippen MR) is 109 cm³/mol. The molecule has 0 unspecified atom stereocenters. The van der Waals surface area contributed by atoms with Crippen LogP contribution >= 0.6 is 0 Å². The van der Waals surface area contributed by atoms with Gasteiger partial charge in [0.25, 0.3) is 5.91 Å². The molecule has 0 radical (unpaired) electrons. The number of carbonyl (C=O) groups excluding carboxylic acids is 4. The number of rotatable bonds is 5. The molecule has 3 heterocycles. The number of furan rings is 1. The normalized spacial score (nSPS) is 21.5. The van der Waals surface area contributed by atoms with Gasteiger partial charge in [-0.25, -0.2) is 4.79 Å². The molecule has 4 rings (SSSR count). The third-order valence-electron chi connectivity index (χ3n) is 5.65. The third kappa shape index (κ3) is 3.86. The van der Waals surface area contributed by atoms with Crippen LogP contribution in [0.2, 0.25) is 0 Å². The Bertz CT molecular complexity index is 1010. The first-order valence-electron chi connectivity index (χ1n) is 10.0. The van der Waals surface area contributed by atoms with Crippen LogP contribution in [0, 0.1) is 0 Å². The predicted octanol–water partition coefficient (Wildman–Crippen LogP) is 0.517. The molecule has 1 atom stereocenters. The van der Waals surface area contributed by atoms with E-state index in [1.54, 1.807) is 24.0 Å². The van der Waals surface area contributed by atoms with Crippen LogP contribution in [0.5, 0.6) is 0 Å². The third-order valence-corrected chi connectivity index (χ3v) is 5.65. The quantitative estimate of drug-likeness (QED) is 0.695. The molecule has 2 aliphatic rings. The zero-order valence-electron chi connectivity index (χ0n) is 17.4. The van der Waals surface area contributed by atoms with Gasteiger partial charge in [0.05, 0.1) is 19.8 Å². The Labute approximate surface area is 178 Å². The topological polar surface area (TPSA) is 112 Å². The maximum atomic E-state index is 13.1. The number of benzene rings is 1. The van der Waals surface area contributed by atoms with E-state index in [-0.39, 0.29) is 18.2 Å². The van der Waals surface area contributed by atoms with Crippen molar-refractivity contribution in [3.05, 3.63) is 36.1 Å². The summed E-state index contributed by atoms with van der Waals surface area (Å²) in [6, 6.07) is 8.28. The highest BCUT2D eigenvalue weighted by Gasteiger charge is 2.51. The zero-order valence-corrected chi connectivity index (χ0v) is 17.4. The summed E-state index contributed by atoms with van der Waals surface area (Å²) in [7, 11) is 1.47. The Morgan fingerprint density at radius 2 is 1.90 bits per heavy atom. The number of hydrogen-bond acceptors (Lipinski definition) is 6. The number of nitrogens with zero attached hydrogens (tertiary/aromatic N) is 3. The van der Waals surface area contributed by atoms with Crippen molar-refractivity contribution in [3.63, 3.8) is 0 Å². The van der Waals surface area contributed by atoms with Gasteiger partial charge in [-0.15, -0.1) is 0 Å². The number of likely N-dealkylation sites (N-methyl/N-ethyl adjacent to an activating group) is 1. The zero-order chi connectivity index (χ0) is 22.2. The van der Waals surface area contributed by atoms with Gasteiger partial charge >= 0.3 is 6.03 Å². The van der Waals surface area contributed by atoms with E-state index in [4.69, 9.17) is 9.15 Å². The fourth-order valence-corrected chi connectivity index (χ4v) is 3.70. The van der Waals surface area contributed by atoms with E-state index < -0.39 is 29.9 Å². The highest BCUT2D eigenvalue weighted by atomic mass is 16.5. The van der Waals surface area contributed by atoms with Crippen molar-refractivity contribution in [3.8, 4) is 0 Å². The number of para-hydroxylation sites is 1. The molecule has 1 aromatic heterocycles. The van der Waals surface area contributed by atoms with E-state index in [0.29, 0.717) is 31.9 Å². The Hall–Kier alpha value is -3.40. The molecule has 164 valence electrons. The van der Waals surface area contributed by atoms with E-state index in [9.17, 15) is 19.2 Å². The van der Waals surface area contributed by atoms with Gasteiger partial charge in [-0.2, -0.15) is 0 Å². The Morgan fingerprint density at radius 1 is 1.19 bits per heavy atom. The molecule has 2 fully saturated rings. The van der Waals surface area contributed by atoms with Crippen molar-refractivity contribution >= 4 is 34.7 Å². The van der Waals surface area contributed by atoms with Crippen molar-refractivity contribution in [2.45, 2.75) is 12.5 Å². The molecule has 1 aromatic carbocycles. The van der Waals surface area contributed by atoms with E-state index >= 15 is 0 Å². The second-order valence-electron chi connectivity index (χ2n) is 7.84. The molecule has 2 saturated heterocycles. The maximum Gasteiger partial charge on any atom is 0.325 e. The summed E-state index contributed by atoms with van der Waals surface area (Å²) in [6.45, 7) is 2.82. The molecule has 0 spiro atoms. The summed E-state index contributed by atoms with van der Waals surface area (Å²) < 4.78 is 11.0. The van der Waals surface area contributed by atoms with Crippen LogP contribution in [0.15, 0.2) is 34.7 Å².